The van der Waals surface area contributed by atoms with E-state index < -0.39 is 17.8 Å². The number of para-hydroxylation sites is 1. The molecule has 0 spiro atoms. The zero-order chi connectivity index (χ0) is 25.2. The first-order chi connectivity index (χ1) is 17.4. The topological polar surface area (TPSA) is 95.9 Å². The Morgan fingerprint density at radius 3 is 2.42 bits per heavy atom. The number of rotatable bonds is 5. The number of anilines is 1. The Kier molecular flexibility index (Phi) is 5.96. The summed E-state index contributed by atoms with van der Waals surface area (Å²) < 4.78 is 6.17. The molecule has 4 aromatic rings. The number of phenolic OH excluding ortho intramolecular Hbond substituents is 1. The van der Waals surface area contributed by atoms with Gasteiger partial charge in [0, 0.05) is 11.1 Å². The van der Waals surface area contributed by atoms with E-state index in [0.29, 0.717) is 17.9 Å². The van der Waals surface area contributed by atoms with E-state index in [-0.39, 0.29) is 17.0 Å². The lowest BCUT2D eigenvalue weighted by Gasteiger charge is -2.26. The van der Waals surface area contributed by atoms with E-state index in [9.17, 15) is 19.5 Å². The number of carbonyl (C=O) groups excluding carboxylic acids is 3. The van der Waals surface area contributed by atoms with Crippen molar-refractivity contribution in [1.29, 1.82) is 0 Å². The minimum absolute atomic E-state index is 0.0111. The molecule has 36 heavy (non-hydrogen) atoms. The second-order valence-electron chi connectivity index (χ2n) is 8.38. The predicted molar refractivity (Wildman–Crippen MR) is 137 cm³/mol. The molecule has 5 rings (SSSR count). The molecule has 0 radical (unpaired) electrons. The van der Waals surface area contributed by atoms with Gasteiger partial charge >= 0.3 is 6.03 Å². The zero-order valence-corrected chi connectivity index (χ0v) is 19.4. The van der Waals surface area contributed by atoms with Crippen molar-refractivity contribution in [2.24, 2.45) is 0 Å². The van der Waals surface area contributed by atoms with Crippen molar-refractivity contribution in [3.05, 3.63) is 107 Å². The van der Waals surface area contributed by atoms with Crippen LogP contribution < -0.4 is 15.0 Å². The Morgan fingerprint density at radius 2 is 1.61 bits per heavy atom. The molecular weight excluding hydrogens is 456 g/mol. The Balaban J connectivity index is 1.47. The molecule has 0 unspecified atom stereocenters. The molecular formula is C29H22N2O5. The van der Waals surface area contributed by atoms with Crippen LogP contribution in [0.25, 0.3) is 16.8 Å². The van der Waals surface area contributed by atoms with Gasteiger partial charge < -0.3 is 9.84 Å². The van der Waals surface area contributed by atoms with Gasteiger partial charge in [0.25, 0.3) is 11.8 Å². The highest BCUT2D eigenvalue weighted by atomic mass is 16.5. The number of nitrogens with zero attached hydrogens (tertiary/aromatic N) is 1. The largest absolute Gasteiger partial charge is 0.508 e. The van der Waals surface area contributed by atoms with Crippen LogP contribution in [0.3, 0.4) is 0 Å². The minimum atomic E-state index is -0.858. The van der Waals surface area contributed by atoms with Crippen molar-refractivity contribution in [2.45, 2.75) is 13.5 Å². The van der Waals surface area contributed by atoms with Gasteiger partial charge in [0.1, 0.15) is 23.7 Å². The molecule has 0 saturated carbocycles. The predicted octanol–water partition coefficient (Wildman–Crippen LogP) is 5.10. The first-order valence-corrected chi connectivity index (χ1v) is 11.3. The van der Waals surface area contributed by atoms with Gasteiger partial charge in [-0.25, -0.2) is 9.69 Å². The molecule has 1 aliphatic heterocycles. The van der Waals surface area contributed by atoms with E-state index >= 15 is 0 Å². The van der Waals surface area contributed by atoms with Gasteiger partial charge in [-0.3, -0.25) is 14.9 Å². The fraction of sp³-hybridized carbons (Fsp3) is 0.0690. The molecule has 0 aromatic heterocycles. The van der Waals surface area contributed by atoms with Crippen LogP contribution in [0.2, 0.25) is 0 Å². The van der Waals surface area contributed by atoms with Gasteiger partial charge in [-0.15, -0.1) is 0 Å². The smallest absolute Gasteiger partial charge is 0.335 e. The number of aryl methyl sites for hydroxylation is 1. The summed E-state index contributed by atoms with van der Waals surface area (Å²) in [7, 11) is 0. The fourth-order valence-electron chi connectivity index (χ4n) is 4.17. The summed E-state index contributed by atoms with van der Waals surface area (Å²) in [5.74, 6) is -1.08. The minimum Gasteiger partial charge on any atom is -0.508 e. The van der Waals surface area contributed by atoms with Crippen LogP contribution in [0.1, 0.15) is 16.7 Å². The Morgan fingerprint density at radius 1 is 0.889 bits per heavy atom. The summed E-state index contributed by atoms with van der Waals surface area (Å²) in [5, 5.41) is 13.9. The maximum atomic E-state index is 13.2. The molecule has 178 valence electrons. The fourth-order valence-corrected chi connectivity index (χ4v) is 4.17. The Hall–Kier alpha value is -4.91. The third-order valence-corrected chi connectivity index (χ3v) is 6.08. The Bertz CT molecular complexity index is 1540. The number of ether oxygens (including phenoxy) is 1. The van der Waals surface area contributed by atoms with Crippen LogP contribution in [-0.4, -0.2) is 23.0 Å². The summed E-state index contributed by atoms with van der Waals surface area (Å²) in [6.45, 7) is 2.32. The highest BCUT2D eigenvalue weighted by molar-refractivity contribution is 6.39. The average molecular weight is 479 g/mol. The lowest BCUT2D eigenvalue weighted by Crippen LogP contribution is -2.54. The van der Waals surface area contributed by atoms with Crippen LogP contribution in [0.5, 0.6) is 11.5 Å². The number of barbiturate groups is 1. The molecule has 1 fully saturated rings. The van der Waals surface area contributed by atoms with Crippen molar-refractivity contribution in [3.63, 3.8) is 0 Å². The molecule has 0 bridgehead atoms. The first kappa shape index (κ1) is 22.9. The van der Waals surface area contributed by atoms with Gasteiger partial charge in [-0.1, -0.05) is 54.6 Å². The molecule has 1 saturated heterocycles. The number of amides is 4. The molecule has 2 N–H and O–H groups in total. The van der Waals surface area contributed by atoms with Gasteiger partial charge in [-0.05, 0) is 59.7 Å². The number of aromatic hydroxyl groups is 1. The van der Waals surface area contributed by atoms with Crippen LogP contribution in [-0.2, 0) is 16.2 Å². The second kappa shape index (κ2) is 9.38. The molecule has 4 amide bonds. The maximum Gasteiger partial charge on any atom is 0.335 e. The monoisotopic (exact) mass is 478 g/mol. The van der Waals surface area contributed by atoms with Crippen molar-refractivity contribution in [3.8, 4) is 11.5 Å². The van der Waals surface area contributed by atoms with Crippen molar-refractivity contribution in [1.82, 2.24) is 5.32 Å². The number of nitrogens with one attached hydrogen (secondary N) is 1. The Labute approximate surface area is 207 Å². The molecule has 7 heteroatoms. The highest BCUT2D eigenvalue weighted by Crippen LogP contribution is 2.28. The average Bonchev–Trinajstić information content (AvgIpc) is 2.87. The number of imide groups is 2. The maximum absolute atomic E-state index is 13.2. The number of urea groups is 1. The summed E-state index contributed by atoms with van der Waals surface area (Å²) in [6.07, 6.45) is 1.42. The van der Waals surface area contributed by atoms with Gasteiger partial charge in [0.05, 0.1) is 5.69 Å². The first-order valence-electron chi connectivity index (χ1n) is 11.3. The number of benzene rings is 4. The normalized spacial score (nSPS) is 14.9. The molecule has 4 aromatic carbocycles. The summed E-state index contributed by atoms with van der Waals surface area (Å²) in [6, 6.07) is 24.0. The van der Waals surface area contributed by atoms with E-state index in [2.05, 4.69) is 23.5 Å². The van der Waals surface area contributed by atoms with E-state index in [1.54, 1.807) is 18.2 Å². The third kappa shape index (κ3) is 4.30. The van der Waals surface area contributed by atoms with Crippen molar-refractivity contribution < 1.29 is 24.2 Å². The van der Waals surface area contributed by atoms with E-state index in [0.717, 1.165) is 26.8 Å². The van der Waals surface area contributed by atoms with Crippen LogP contribution in [0, 0.1) is 6.92 Å². The van der Waals surface area contributed by atoms with Crippen molar-refractivity contribution in [2.75, 3.05) is 4.90 Å². The third-order valence-electron chi connectivity index (χ3n) is 6.08. The van der Waals surface area contributed by atoms with Crippen LogP contribution >= 0.6 is 0 Å². The van der Waals surface area contributed by atoms with Gasteiger partial charge in [0.2, 0.25) is 0 Å². The van der Waals surface area contributed by atoms with Gasteiger partial charge in [0.15, 0.2) is 0 Å². The quantitative estimate of drug-likeness (QED) is 0.307. The number of fused-ring (bicyclic) bond motifs is 1. The SMILES string of the molecule is Cc1ccc2ccccc2c1COc1ccccc1/C=C1\C(=O)NC(=O)N(c2ccc(O)cc2)C1=O. The lowest BCUT2D eigenvalue weighted by atomic mass is 10.0. The number of hydrogen-bond acceptors (Lipinski definition) is 5. The van der Waals surface area contributed by atoms with Crippen molar-refractivity contribution >= 4 is 40.4 Å². The molecule has 1 aliphatic rings. The zero-order valence-electron chi connectivity index (χ0n) is 19.4. The van der Waals surface area contributed by atoms with E-state index in [4.69, 9.17) is 4.74 Å². The summed E-state index contributed by atoms with van der Waals surface area (Å²) in [4.78, 5) is 39.1. The van der Waals surface area contributed by atoms with E-state index in [1.165, 1.54) is 30.3 Å². The van der Waals surface area contributed by atoms with E-state index in [1.807, 2.05) is 31.2 Å². The van der Waals surface area contributed by atoms with Gasteiger partial charge in [-0.2, -0.15) is 0 Å². The lowest BCUT2D eigenvalue weighted by molar-refractivity contribution is -0.122. The highest BCUT2D eigenvalue weighted by Gasteiger charge is 2.37. The number of carbonyl (C=O) groups is 3. The van der Waals surface area contributed by atoms with Crippen LogP contribution in [0.4, 0.5) is 10.5 Å². The summed E-state index contributed by atoms with van der Waals surface area (Å²) in [5.41, 5.74) is 2.68. The van der Waals surface area contributed by atoms with Crippen LogP contribution in [0.15, 0.2) is 90.5 Å². The molecule has 1 heterocycles. The molecule has 0 atom stereocenters. The number of hydrogen-bond donors (Lipinski definition) is 2. The number of phenols is 1. The standard InChI is InChI=1S/C29H22N2O5/c1-18-10-11-19-6-2-4-8-23(19)25(18)17-36-26-9-5-3-7-20(26)16-24-27(33)30-29(35)31(28(24)34)21-12-14-22(32)15-13-21/h2-16,32H,17H2,1H3,(H,30,33,35)/b24-16+. The summed E-state index contributed by atoms with van der Waals surface area (Å²) >= 11 is 0. The second-order valence-corrected chi connectivity index (χ2v) is 8.38. The molecule has 0 aliphatic carbocycles. The molecule has 7 nitrogen and oxygen atoms in total.